The lowest BCUT2D eigenvalue weighted by Crippen LogP contribution is -2.23. The number of rotatable bonds is 7. The van der Waals surface area contributed by atoms with E-state index in [1.807, 2.05) is 6.55 Å². The minimum atomic E-state index is -1.62. The Morgan fingerprint density at radius 3 is 2.50 bits per heavy atom. The van der Waals surface area contributed by atoms with Crippen molar-refractivity contribution in [2.45, 2.75) is 19.5 Å². The van der Waals surface area contributed by atoms with Gasteiger partial charge in [0.1, 0.15) is 6.61 Å². The predicted molar refractivity (Wildman–Crippen MR) is 61.6 cm³/mol. The van der Waals surface area contributed by atoms with Gasteiger partial charge in [0.25, 0.3) is 0 Å². The third-order valence-corrected chi connectivity index (χ3v) is 3.41. The summed E-state index contributed by atoms with van der Waals surface area (Å²) in [6, 6.07) is 0.592. The Balaban J connectivity index is 3.65. The fourth-order valence-corrected chi connectivity index (χ4v) is 1.96. The Morgan fingerprint density at radius 2 is 2.00 bits per heavy atom. The van der Waals surface area contributed by atoms with Gasteiger partial charge in [0.2, 0.25) is 9.04 Å². The lowest BCUT2D eigenvalue weighted by molar-refractivity contribution is -0.138. The molecule has 16 heavy (non-hydrogen) atoms. The second-order valence-electron chi connectivity index (χ2n) is 3.44. The molecule has 0 aromatic carbocycles. The molecule has 0 bridgehead atoms. The molecule has 1 atom stereocenters. The first kappa shape index (κ1) is 14.9. The first-order valence-electron chi connectivity index (χ1n) is 4.98. The van der Waals surface area contributed by atoms with Gasteiger partial charge in [-0.2, -0.15) is 0 Å². The van der Waals surface area contributed by atoms with E-state index in [9.17, 15) is 9.59 Å². The summed E-state index contributed by atoms with van der Waals surface area (Å²) >= 11 is 0. The summed E-state index contributed by atoms with van der Waals surface area (Å²) < 4.78 is 14.6. The van der Waals surface area contributed by atoms with E-state index in [2.05, 4.69) is 11.3 Å². The SMILES string of the molecule is C=C(C)C(=O)OCC[SiH](C)OC(=O)COC. The Bertz CT molecular complexity index is 264. The van der Waals surface area contributed by atoms with E-state index in [4.69, 9.17) is 9.16 Å². The number of esters is 1. The standard InChI is InChI=1S/C10H18O5Si/c1-8(2)10(12)14-5-6-16(4)15-9(11)7-13-3/h16H,1,5-7H2,2-4H3. The van der Waals surface area contributed by atoms with Crippen molar-refractivity contribution in [2.75, 3.05) is 20.3 Å². The van der Waals surface area contributed by atoms with Crippen LogP contribution in [0.3, 0.4) is 0 Å². The van der Waals surface area contributed by atoms with Gasteiger partial charge in [-0.3, -0.25) is 4.79 Å². The Kier molecular flexibility index (Phi) is 7.48. The van der Waals surface area contributed by atoms with Gasteiger partial charge in [0, 0.05) is 18.7 Å². The van der Waals surface area contributed by atoms with Crippen LogP contribution in [0.4, 0.5) is 0 Å². The van der Waals surface area contributed by atoms with E-state index < -0.39 is 15.0 Å². The summed E-state index contributed by atoms with van der Waals surface area (Å²) in [4.78, 5) is 22.0. The first-order chi connectivity index (χ1) is 7.47. The first-order valence-corrected chi connectivity index (χ1v) is 7.42. The molecule has 0 fully saturated rings. The largest absolute Gasteiger partial charge is 0.520 e. The quantitative estimate of drug-likeness (QED) is 0.375. The fraction of sp³-hybridized carbons (Fsp3) is 0.600. The molecule has 92 valence electrons. The minimum absolute atomic E-state index is 0.0388. The molecule has 0 saturated heterocycles. The number of ether oxygens (including phenoxy) is 2. The zero-order valence-corrected chi connectivity index (χ0v) is 11.1. The molecular formula is C10H18O5Si. The lowest BCUT2D eigenvalue weighted by Gasteiger charge is -2.11. The summed E-state index contributed by atoms with van der Waals surface area (Å²) in [7, 11) is -0.186. The normalized spacial score (nSPS) is 11.7. The van der Waals surface area contributed by atoms with Gasteiger partial charge in [0.15, 0.2) is 0 Å². The molecule has 0 aliphatic carbocycles. The van der Waals surface area contributed by atoms with Crippen molar-refractivity contribution < 1.29 is 23.5 Å². The summed E-state index contributed by atoms with van der Waals surface area (Å²) in [6.07, 6.45) is 0. The molecule has 0 aliphatic heterocycles. The fourth-order valence-electron chi connectivity index (χ4n) is 0.876. The van der Waals surface area contributed by atoms with Crippen LogP contribution >= 0.6 is 0 Å². The molecule has 0 amide bonds. The molecule has 1 unspecified atom stereocenters. The van der Waals surface area contributed by atoms with Crippen LogP contribution in [0.5, 0.6) is 0 Å². The smallest absolute Gasteiger partial charge is 0.333 e. The Hall–Kier alpha value is -1.14. The number of methoxy groups -OCH3 is 1. The number of carbonyl (C=O) groups is 2. The molecule has 0 heterocycles. The number of carbonyl (C=O) groups excluding carboxylic acids is 2. The molecule has 0 spiro atoms. The van der Waals surface area contributed by atoms with Crippen molar-refractivity contribution in [2.24, 2.45) is 0 Å². The maximum atomic E-state index is 11.0. The monoisotopic (exact) mass is 246 g/mol. The second-order valence-corrected chi connectivity index (χ2v) is 5.87. The van der Waals surface area contributed by atoms with Crippen LogP contribution in [0.1, 0.15) is 6.92 Å². The molecule has 5 nitrogen and oxygen atoms in total. The molecule has 0 aromatic rings. The van der Waals surface area contributed by atoms with Crippen LogP contribution in [0.2, 0.25) is 12.6 Å². The number of hydrogen-bond acceptors (Lipinski definition) is 5. The van der Waals surface area contributed by atoms with Crippen LogP contribution in [-0.2, 0) is 23.5 Å². The summed E-state index contributed by atoms with van der Waals surface area (Å²) in [5.74, 6) is -0.780. The Labute approximate surface area is 97.1 Å². The van der Waals surface area contributed by atoms with Crippen LogP contribution in [0, 0.1) is 0 Å². The molecule has 0 rings (SSSR count). The van der Waals surface area contributed by atoms with Gasteiger partial charge >= 0.3 is 11.9 Å². The maximum Gasteiger partial charge on any atom is 0.333 e. The molecule has 0 saturated carbocycles. The van der Waals surface area contributed by atoms with Crippen molar-refractivity contribution in [3.8, 4) is 0 Å². The molecule has 0 aromatic heterocycles. The van der Waals surface area contributed by atoms with Gasteiger partial charge in [-0.25, -0.2) is 4.79 Å². The third-order valence-electron chi connectivity index (χ3n) is 1.70. The van der Waals surface area contributed by atoms with E-state index in [1.165, 1.54) is 7.11 Å². The van der Waals surface area contributed by atoms with E-state index >= 15 is 0 Å². The van der Waals surface area contributed by atoms with Crippen LogP contribution in [0.15, 0.2) is 12.2 Å². The zero-order valence-electron chi connectivity index (χ0n) is 9.95. The lowest BCUT2D eigenvalue weighted by atomic mass is 10.4. The van der Waals surface area contributed by atoms with E-state index in [1.54, 1.807) is 6.92 Å². The molecular weight excluding hydrogens is 228 g/mol. The third kappa shape index (κ3) is 7.19. The number of hydrogen-bond donors (Lipinski definition) is 0. The maximum absolute atomic E-state index is 11.0. The van der Waals surface area contributed by atoms with E-state index in [0.29, 0.717) is 11.6 Å². The average Bonchev–Trinajstić information content (AvgIpc) is 2.17. The van der Waals surface area contributed by atoms with E-state index in [0.717, 1.165) is 0 Å². The summed E-state index contributed by atoms with van der Waals surface area (Å²) in [6.45, 7) is 7.13. The van der Waals surface area contributed by atoms with Gasteiger partial charge in [-0.05, 0) is 13.5 Å². The summed E-state index contributed by atoms with van der Waals surface area (Å²) in [5, 5.41) is 0. The van der Waals surface area contributed by atoms with Crippen molar-refractivity contribution >= 4 is 21.0 Å². The Morgan fingerprint density at radius 1 is 1.38 bits per heavy atom. The highest BCUT2D eigenvalue weighted by atomic mass is 28.3. The van der Waals surface area contributed by atoms with Crippen molar-refractivity contribution in [3.05, 3.63) is 12.2 Å². The highest BCUT2D eigenvalue weighted by Gasteiger charge is 2.12. The highest BCUT2D eigenvalue weighted by molar-refractivity contribution is 6.52. The van der Waals surface area contributed by atoms with Crippen molar-refractivity contribution in [1.82, 2.24) is 0 Å². The van der Waals surface area contributed by atoms with Gasteiger partial charge in [-0.15, -0.1) is 0 Å². The highest BCUT2D eigenvalue weighted by Crippen LogP contribution is 1.99. The average molecular weight is 246 g/mol. The molecule has 0 radical (unpaired) electrons. The van der Waals surface area contributed by atoms with Crippen molar-refractivity contribution in [1.29, 1.82) is 0 Å². The van der Waals surface area contributed by atoms with Gasteiger partial charge < -0.3 is 13.9 Å². The molecule has 0 N–H and O–H groups in total. The topological polar surface area (TPSA) is 61.8 Å². The van der Waals surface area contributed by atoms with Crippen LogP contribution in [0.25, 0.3) is 0 Å². The molecule has 0 aliphatic rings. The second kappa shape index (κ2) is 8.06. The van der Waals surface area contributed by atoms with Crippen LogP contribution in [-0.4, -0.2) is 41.3 Å². The summed E-state index contributed by atoms with van der Waals surface area (Å²) in [5.41, 5.74) is 0.366. The van der Waals surface area contributed by atoms with E-state index in [-0.39, 0.29) is 19.2 Å². The van der Waals surface area contributed by atoms with Gasteiger partial charge in [0.05, 0.1) is 6.61 Å². The minimum Gasteiger partial charge on any atom is -0.520 e. The zero-order chi connectivity index (χ0) is 12.6. The predicted octanol–water partition coefficient (Wildman–Crippen LogP) is 0.649. The van der Waals surface area contributed by atoms with Crippen LogP contribution < -0.4 is 0 Å². The molecule has 6 heteroatoms. The van der Waals surface area contributed by atoms with Gasteiger partial charge in [-0.1, -0.05) is 6.58 Å². The van der Waals surface area contributed by atoms with Crippen molar-refractivity contribution in [3.63, 3.8) is 0 Å².